The van der Waals surface area contributed by atoms with Crippen molar-refractivity contribution in [2.24, 2.45) is 4.99 Å². The number of methoxy groups -OCH3 is 1. The van der Waals surface area contributed by atoms with Gasteiger partial charge in [-0.25, -0.2) is 9.98 Å². The highest BCUT2D eigenvalue weighted by molar-refractivity contribution is 6.02. The lowest BCUT2D eigenvalue weighted by molar-refractivity contribution is -0.112. The minimum absolute atomic E-state index is 0.245. The first-order valence-corrected chi connectivity index (χ1v) is 14.5. The highest BCUT2D eigenvalue weighted by Gasteiger charge is 2.20. The van der Waals surface area contributed by atoms with Crippen LogP contribution < -0.4 is 25.2 Å². The van der Waals surface area contributed by atoms with Gasteiger partial charge in [0.15, 0.2) is 5.82 Å². The van der Waals surface area contributed by atoms with Crippen molar-refractivity contribution in [1.82, 2.24) is 14.9 Å². The zero-order chi connectivity index (χ0) is 31.8. The number of carbonyl (C=O) groups excluding carboxylic acids is 2. The smallest absolute Gasteiger partial charge is 0.247 e. The zero-order valence-corrected chi connectivity index (χ0v) is 25.6. The Balaban J connectivity index is 1.52. The molecule has 1 aliphatic heterocycles. The molecule has 1 fully saturated rings. The van der Waals surface area contributed by atoms with Crippen LogP contribution in [0.1, 0.15) is 12.5 Å². The van der Waals surface area contributed by atoms with Crippen LogP contribution in [0, 0.1) is 0 Å². The van der Waals surface area contributed by atoms with Crippen molar-refractivity contribution < 1.29 is 14.3 Å². The second-order valence-corrected chi connectivity index (χ2v) is 10.5. The molecule has 2 N–H and O–H groups in total. The van der Waals surface area contributed by atoms with Gasteiger partial charge in [0.05, 0.1) is 24.7 Å². The largest absolute Gasteiger partial charge is 0.494 e. The summed E-state index contributed by atoms with van der Waals surface area (Å²) in [5, 5.41) is 5.98. The third kappa shape index (κ3) is 7.51. The Labute approximate surface area is 262 Å². The van der Waals surface area contributed by atoms with Gasteiger partial charge >= 0.3 is 0 Å². The van der Waals surface area contributed by atoms with Gasteiger partial charge in [0, 0.05) is 49.3 Å². The van der Waals surface area contributed by atoms with E-state index in [1.165, 1.54) is 11.0 Å². The van der Waals surface area contributed by atoms with E-state index in [9.17, 15) is 9.59 Å². The van der Waals surface area contributed by atoms with E-state index in [4.69, 9.17) is 14.7 Å². The first kappa shape index (κ1) is 30.9. The van der Waals surface area contributed by atoms with Crippen molar-refractivity contribution in [2.75, 3.05) is 60.8 Å². The van der Waals surface area contributed by atoms with E-state index in [-0.39, 0.29) is 17.7 Å². The molecule has 2 heterocycles. The number of aliphatic imine (C=N–C) groups is 1. The van der Waals surface area contributed by atoms with Crippen LogP contribution in [0.4, 0.5) is 40.2 Å². The Morgan fingerprint density at radius 2 is 1.82 bits per heavy atom. The zero-order valence-electron chi connectivity index (χ0n) is 25.6. The summed E-state index contributed by atoms with van der Waals surface area (Å²) in [6.45, 7) is 9.24. The van der Waals surface area contributed by atoms with Crippen LogP contribution in [0.15, 0.2) is 96.6 Å². The molecule has 4 aromatic rings. The number of carbonyl (C=O) groups is 2. The van der Waals surface area contributed by atoms with Crippen LogP contribution in [-0.2, 0) is 9.59 Å². The number of aromatic nitrogens is 2. The molecule has 0 spiro atoms. The summed E-state index contributed by atoms with van der Waals surface area (Å²) in [6.07, 6.45) is 3.41. The molecule has 1 aromatic heterocycles. The van der Waals surface area contributed by atoms with Crippen LogP contribution in [0.25, 0.3) is 0 Å². The van der Waals surface area contributed by atoms with Gasteiger partial charge in [0.2, 0.25) is 18.3 Å². The summed E-state index contributed by atoms with van der Waals surface area (Å²) in [7, 11) is 3.75. The molecule has 45 heavy (non-hydrogen) atoms. The van der Waals surface area contributed by atoms with Crippen LogP contribution in [-0.4, -0.2) is 73.2 Å². The molecule has 0 bridgehead atoms. The van der Waals surface area contributed by atoms with Gasteiger partial charge in [-0.3, -0.25) is 14.5 Å². The van der Waals surface area contributed by atoms with Crippen molar-refractivity contribution in [3.63, 3.8) is 0 Å². The second kappa shape index (κ2) is 14.3. The van der Waals surface area contributed by atoms with Gasteiger partial charge in [-0.2, -0.15) is 4.98 Å². The van der Waals surface area contributed by atoms with Crippen LogP contribution in [0.3, 0.4) is 0 Å². The molecule has 0 saturated carbocycles. The van der Waals surface area contributed by atoms with Crippen LogP contribution in [0.2, 0.25) is 0 Å². The molecule has 0 radical (unpaired) electrons. The molecule has 5 rings (SSSR count). The number of rotatable bonds is 11. The molecule has 11 heteroatoms. The number of likely N-dealkylation sites (N-methyl/N-ethyl adjacent to an activating group) is 1. The Kier molecular flexibility index (Phi) is 9.80. The second-order valence-electron chi connectivity index (χ2n) is 10.5. The first-order valence-electron chi connectivity index (χ1n) is 14.5. The summed E-state index contributed by atoms with van der Waals surface area (Å²) in [6, 6.07) is 22.5. The van der Waals surface area contributed by atoms with Crippen LogP contribution in [0.5, 0.6) is 5.75 Å². The minimum Gasteiger partial charge on any atom is -0.494 e. The fraction of sp³-hybridized carbons (Fsp3) is 0.206. The summed E-state index contributed by atoms with van der Waals surface area (Å²) >= 11 is 0. The van der Waals surface area contributed by atoms with Crippen LogP contribution >= 0.6 is 0 Å². The Bertz CT molecular complexity index is 1700. The molecule has 1 aliphatic rings. The predicted molar refractivity (Wildman–Crippen MR) is 180 cm³/mol. The molecule has 2 amide bonds. The maximum absolute atomic E-state index is 12.6. The summed E-state index contributed by atoms with van der Waals surface area (Å²) < 4.78 is 5.73. The van der Waals surface area contributed by atoms with Gasteiger partial charge in [0.1, 0.15) is 11.4 Å². The van der Waals surface area contributed by atoms with Crippen molar-refractivity contribution >= 4 is 58.2 Å². The highest BCUT2D eigenvalue weighted by atomic mass is 16.5. The number of amides is 2. The topological polar surface area (TPSA) is 115 Å². The lowest BCUT2D eigenvalue weighted by Crippen LogP contribution is -2.44. The Morgan fingerprint density at radius 3 is 2.53 bits per heavy atom. The summed E-state index contributed by atoms with van der Waals surface area (Å²) in [5.41, 5.74) is 4.73. The van der Waals surface area contributed by atoms with Crippen molar-refractivity contribution in [3.8, 4) is 5.75 Å². The number of benzene rings is 3. The summed E-state index contributed by atoms with van der Waals surface area (Å²) in [4.78, 5) is 44.7. The third-order valence-electron chi connectivity index (χ3n) is 7.44. The Hall–Kier alpha value is -5.55. The number of hydrogen-bond donors (Lipinski definition) is 2. The van der Waals surface area contributed by atoms with E-state index < -0.39 is 0 Å². The first-order chi connectivity index (χ1) is 21.9. The molecule has 0 aliphatic carbocycles. The van der Waals surface area contributed by atoms with Gasteiger partial charge in [-0.05, 0) is 55.9 Å². The average molecular weight is 605 g/mol. The maximum Gasteiger partial charge on any atom is 0.247 e. The number of nitrogens with one attached hydrogen (secondary N) is 2. The van der Waals surface area contributed by atoms with E-state index in [1.54, 1.807) is 37.6 Å². The number of ether oxygens (including phenoxy) is 1. The van der Waals surface area contributed by atoms with Crippen molar-refractivity contribution in [2.45, 2.75) is 6.92 Å². The van der Waals surface area contributed by atoms with Gasteiger partial charge in [-0.1, -0.05) is 43.0 Å². The number of anilines is 6. The number of piperazine rings is 1. The number of nitrogens with zero attached hydrogens (tertiary/aromatic N) is 6. The van der Waals surface area contributed by atoms with Crippen molar-refractivity contribution in [1.29, 1.82) is 0 Å². The van der Waals surface area contributed by atoms with E-state index in [2.05, 4.69) is 39.0 Å². The van der Waals surface area contributed by atoms with Gasteiger partial charge in [0.25, 0.3) is 0 Å². The molecule has 11 nitrogen and oxygen atoms in total. The van der Waals surface area contributed by atoms with E-state index in [0.29, 0.717) is 34.9 Å². The maximum atomic E-state index is 12.6. The molecule has 230 valence electrons. The lowest BCUT2D eigenvalue weighted by atomic mass is 10.1. The molecule has 0 unspecified atom stereocenters. The van der Waals surface area contributed by atoms with Gasteiger partial charge < -0.3 is 25.2 Å². The fourth-order valence-electron chi connectivity index (χ4n) is 4.93. The predicted octanol–water partition coefficient (Wildman–Crippen LogP) is 5.54. The monoisotopic (exact) mass is 604 g/mol. The molecule has 3 aromatic carbocycles. The number of hydrogen-bond acceptors (Lipinski definition) is 9. The molecular formula is C34H36N8O3. The SMILES string of the molecule is C=CC(=O)Nc1cccc(N(C=O)c2nc(Nc3ccc(N4CCN(C)CC4)cc3OC)ncc2/N=C(\C)c2ccccc2)c1. The molecule has 0 atom stereocenters. The Morgan fingerprint density at radius 1 is 1.04 bits per heavy atom. The third-order valence-corrected chi connectivity index (χ3v) is 7.44. The quantitative estimate of drug-likeness (QED) is 0.130. The lowest BCUT2D eigenvalue weighted by Gasteiger charge is -2.34. The summed E-state index contributed by atoms with van der Waals surface area (Å²) in [5.74, 6) is 0.763. The average Bonchev–Trinajstić information content (AvgIpc) is 3.07. The van der Waals surface area contributed by atoms with E-state index >= 15 is 0 Å². The van der Waals surface area contributed by atoms with E-state index in [0.717, 1.165) is 43.1 Å². The standard InChI is InChI=1S/C34H36N8O3/c1-5-32(44)37-26-12-9-13-28(20-26)42(23-43)33-30(36-24(2)25-10-7-6-8-11-25)22-35-34(39-33)38-29-15-14-27(21-31(29)45-4)41-18-16-40(3)17-19-41/h5-15,20-23H,1,16-19H2,2-4H3,(H,37,44)(H,35,38,39)/b36-24+. The van der Waals surface area contributed by atoms with Gasteiger partial charge in [-0.15, -0.1) is 0 Å². The highest BCUT2D eigenvalue weighted by Crippen LogP contribution is 2.36. The molecular weight excluding hydrogens is 568 g/mol. The minimum atomic E-state index is -0.366. The van der Waals surface area contributed by atoms with E-state index in [1.807, 2.05) is 55.5 Å². The van der Waals surface area contributed by atoms with Crippen molar-refractivity contribution in [3.05, 3.63) is 97.2 Å². The molecule has 1 saturated heterocycles. The normalized spacial score (nSPS) is 13.6. The fourth-order valence-corrected chi connectivity index (χ4v) is 4.93.